The van der Waals surface area contributed by atoms with E-state index in [0.29, 0.717) is 11.9 Å². The quantitative estimate of drug-likeness (QED) is 0.905. The Kier molecular flexibility index (Phi) is 3.84. The van der Waals surface area contributed by atoms with Crippen LogP contribution in [-0.4, -0.2) is 23.2 Å². The van der Waals surface area contributed by atoms with Crippen molar-refractivity contribution in [2.24, 2.45) is 0 Å². The first-order valence-corrected chi connectivity index (χ1v) is 7.59. The fraction of sp³-hybridized carbons (Fsp3) is 0.429. The Balaban J connectivity index is 1.74. The first kappa shape index (κ1) is 13.3. The van der Waals surface area contributed by atoms with E-state index in [1.807, 2.05) is 6.07 Å². The summed E-state index contributed by atoms with van der Waals surface area (Å²) in [4.78, 5) is 9.89. The van der Waals surface area contributed by atoms with Crippen LogP contribution in [0.15, 0.2) is 17.5 Å². The second-order valence-electron chi connectivity index (χ2n) is 4.98. The number of hydrogen-bond acceptors (Lipinski definition) is 6. The maximum Gasteiger partial charge on any atom is 0.222 e. The number of nitrogens with two attached hydrogens (primary N) is 1. The van der Waals surface area contributed by atoms with Gasteiger partial charge in [0.05, 0.1) is 18.8 Å². The standard InChI is InChI=1S/C14H18N4OS/c1-9-3-5-20-12(9)7-16-13-6-11(17-14(15)18-13)10-2-4-19-8-10/h3,5-6,10H,2,4,7-8H2,1H3,(H3,15,16,17,18). The minimum atomic E-state index is 0.319. The number of aryl methyl sites for hydroxylation is 1. The third-order valence-electron chi connectivity index (χ3n) is 3.51. The molecular weight excluding hydrogens is 272 g/mol. The fourth-order valence-corrected chi connectivity index (χ4v) is 3.15. The van der Waals surface area contributed by atoms with Crippen LogP contribution in [0.5, 0.6) is 0 Å². The van der Waals surface area contributed by atoms with Gasteiger partial charge < -0.3 is 15.8 Å². The highest BCUT2D eigenvalue weighted by molar-refractivity contribution is 7.10. The van der Waals surface area contributed by atoms with E-state index >= 15 is 0 Å². The normalized spacial score (nSPS) is 18.4. The van der Waals surface area contributed by atoms with E-state index in [2.05, 4.69) is 33.7 Å². The Morgan fingerprint density at radius 3 is 3.10 bits per heavy atom. The second kappa shape index (κ2) is 5.76. The van der Waals surface area contributed by atoms with Crippen molar-refractivity contribution < 1.29 is 4.74 Å². The highest BCUT2D eigenvalue weighted by atomic mass is 32.1. The lowest BCUT2D eigenvalue weighted by Crippen LogP contribution is -2.09. The summed E-state index contributed by atoms with van der Waals surface area (Å²) in [7, 11) is 0. The summed E-state index contributed by atoms with van der Waals surface area (Å²) >= 11 is 1.75. The molecule has 0 bridgehead atoms. The summed E-state index contributed by atoms with van der Waals surface area (Å²) in [5.74, 6) is 1.44. The molecule has 0 radical (unpaired) electrons. The van der Waals surface area contributed by atoms with Crippen molar-refractivity contribution in [3.05, 3.63) is 33.6 Å². The van der Waals surface area contributed by atoms with Gasteiger partial charge >= 0.3 is 0 Å². The van der Waals surface area contributed by atoms with Crippen LogP contribution in [0.25, 0.3) is 0 Å². The van der Waals surface area contributed by atoms with Crippen molar-refractivity contribution in [3.63, 3.8) is 0 Å². The van der Waals surface area contributed by atoms with Crippen LogP contribution in [0, 0.1) is 6.92 Å². The number of anilines is 2. The predicted octanol–water partition coefficient (Wildman–Crippen LogP) is 2.54. The molecule has 20 heavy (non-hydrogen) atoms. The summed E-state index contributed by atoms with van der Waals surface area (Å²) in [6.07, 6.45) is 1.000. The van der Waals surface area contributed by atoms with Gasteiger partial charge in [0.25, 0.3) is 0 Å². The van der Waals surface area contributed by atoms with Crippen LogP contribution in [0.1, 0.15) is 28.5 Å². The molecule has 1 saturated heterocycles. The molecular formula is C14H18N4OS. The van der Waals surface area contributed by atoms with Gasteiger partial charge in [0.2, 0.25) is 5.95 Å². The van der Waals surface area contributed by atoms with E-state index in [-0.39, 0.29) is 0 Å². The molecule has 0 saturated carbocycles. The van der Waals surface area contributed by atoms with Gasteiger partial charge in [-0.25, -0.2) is 4.98 Å². The number of ether oxygens (including phenoxy) is 1. The number of aromatic nitrogens is 2. The molecule has 1 unspecified atom stereocenters. The Labute approximate surface area is 122 Å². The number of nitrogen functional groups attached to an aromatic ring is 1. The predicted molar refractivity (Wildman–Crippen MR) is 81.0 cm³/mol. The van der Waals surface area contributed by atoms with E-state index in [4.69, 9.17) is 10.5 Å². The fourth-order valence-electron chi connectivity index (χ4n) is 2.31. The number of rotatable bonds is 4. The Morgan fingerprint density at radius 2 is 2.40 bits per heavy atom. The van der Waals surface area contributed by atoms with Crippen LogP contribution in [0.2, 0.25) is 0 Å². The lowest BCUT2D eigenvalue weighted by Gasteiger charge is -2.11. The molecule has 1 aliphatic rings. The molecule has 6 heteroatoms. The molecule has 0 spiro atoms. The Morgan fingerprint density at radius 1 is 1.50 bits per heavy atom. The van der Waals surface area contributed by atoms with Gasteiger partial charge in [0.15, 0.2) is 0 Å². The lowest BCUT2D eigenvalue weighted by molar-refractivity contribution is 0.193. The largest absolute Gasteiger partial charge is 0.381 e. The number of hydrogen-bond donors (Lipinski definition) is 2. The molecule has 3 heterocycles. The zero-order chi connectivity index (χ0) is 13.9. The molecule has 1 fully saturated rings. The number of nitrogens with one attached hydrogen (secondary N) is 1. The minimum Gasteiger partial charge on any atom is -0.381 e. The summed E-state index contributed by atoms with van der Waals surface area (Å²) in [6, 6.07) is 4.11. The Bertz CT molecular complexity index is 593. The van der Waals surface area contributed by atoms with Gasteiger partial charge in [-0.05, 0) is 30.4 Å². The molecule has 5 nitrogen and oxygen atoms in total. The first-order valence-electron chi connectivity index (χ1n) is 6.71. The summed E-state index contributed by atoms with van der Waals surface area (Å²) in [5.41, 5.74) is 8.08. The molecule has 3 rings (SSSR count). The summed E-state index contributed by atoms with van der Waals surface area (Å²) in [6.45, 7) is 4.40. The number of nitrogens with zero attached hydrogens (tertiary/aromatic N) is 2. The average Bonchev–Trinajstić information content (AvgIpc) is 3.07. The van der Waals surface area contributed by atoms with E-state index in [9.17, 15) is 0 Å². The molecule has 0 aromatic carbocycles. The maximum absolute atomic E-state index is 5.81. The SMILES string of the molecule is Cc1ccsc1CNc1cc(C2CCOC2)nc(N)n1. The molecule has 0 aliphatic carbocycles. The van der Waals surface area contributed by atoms with E-state index < -0.39 is 0 Å². The molecule has 1 aliphatic heterocycles. The van der Waals surface area contributed by atoms with Crippen molar-refractivity contribution >= 4 is 23.1 Å². The topological polar surface area (TPSA) is 73.1 Å². The smallest absolute Gasteiger partial charge is 0.222 e. The lowest BCUT2D eigenvalue weighted by atomic mass is 10.0. The van der Waals surface area contributed by atoms with Crippen molar-refractivity contribution in [2.45, 2.75) is 25.8 Å². The van der Waals surface area contributed by atoms with Crippen molar-refractivity contribution in [1.82, 2.24) is 9.97 Å². The molecule has 106 valence electrons. The van der Waals surface area contributed by atoms with Crippen LogP contribution < -0.4 is 11.1 Å². The van der Waals surface area contributed by atoms with Crippen LogP contribution in [0.3, 0.4) is 0 Å². The zero-order valence-corrected chi connectivity index (χ0v) is 12.2. The summed E-state index contributed by atoms with van der Waals surface area (Å²) < 4.78 is 5.41. The highest BCUT2D eigenvalue weighted by Gasteiger charge is 2.20. The summed E-state index contributed by atoms with van der Waals surface area (Å²) in [5, 5.41) is 5.43. The third kappa shape index (κ3) is 2.91. The first-order chi connectivity index (χ1) is 9.72. The van der Waals surface area contributed by atoms with Crippen LogP contribution >= 0.6 is 11.3 Å². The molecule has 2 aromatic heterocycles. The maximum atomic E-state index is 5.81. The van der Waals surface area contributed by atoms with E-state index in [1.54, 1.807) is 11.3 Å². The molecule has 3 N–H and O–H groups in total. The second-order valence-corrected chi connectivity index (χ2v) is 5.98. The van der Waals surface area contributed by atoms with Crippen LogP contribution in [0.4, 0.5) is 11.8 Å². The van der Waals surface area contributed by atoms with Gasteiger partial charge in [0, 0.05) is 23.5 Å². The van der Waals surface area contributed by atoms with E-state index in [1.165, 1.54) is 10.4 Å². The van der Waals surface area contributed by atoms with Crippen molar-refractivity contribution in [2.75, 3.05) is 24.3 Å². The van der Waals surface area contributed by atoms with Crippen molar-refractivity contribution in [3.8, 4) is 0 Å². The van der Waals surface area contributed by atoms with Gasteiger partial charge in [0.1, 0.15) is 5.82 Å². The van der Waals surface area contributed by atoms with Gasteiger partial charge in [-0.3, -0.25) is 0 Å². The van der Waals surface area contributed by atoms with E-state index in [0.717, 1.165) is 37.7 Å². The monoisotopic (exact) mass is 290 g/mol. The Hall–Kier alpha value is -1.66. The van der Waals surface area contributed by atoms with Crippen molar-refractivity contribution in [1.29, 1.82) is 0 Å². The third-order valence-corrected chi connectivity index (χ3v) is 4.53. The molecule has 0 amide bonds. The van der Waals surface area contributed by atoms with Gasteiger partial charge in [-0.15, -0.1) is 11.3 Å². The minimum absolute atomic E-state index is 0.319. The molecule has 1 atom stereocenters. The number of thiophene rings is 1. The zero-order valence-electron chi connectivity index (χ0n) is 11.4. The average molecular weight is 290 g/mol. The highest BCUT2D eigenvalue weighted by Crippen LogP contribution is 2.26. The van der Waals surface area contributed by atoms with Gasteiger partial charge in [-0.2, -0.15) is 4.98 Å². The van der Waals surface area contributed by atoms with Gasteiger partial charge in [-0.1, -0.05) is 0 Å². The van der Waals surface area contributed by atoms with Crippen LogP contribution in [-0.2, 0) is 11.3 Å². The molecule has 2 aromatic rings.